The number of benzene rings is 1. The van der Waals surface area contributed by atoms with Crippen molar-refractivity contribution < 1.29 is 4.79 Å². The molecule has 3 aromatic rings. The van der Waals surface area contributed by atoms with E-state index in [-0.39, 0.29) is 5.91 Å². The van der Waals surface area contributed by atoms with Crippen molar-refractivity contribution in [1.82, 2.24) is 24.8 Å². The first kappa shape index (κ1) is 15.4. The zero-order chi connectivity index (χ0) is 17.2. The highest BCUT2D eigenvalue weighted by Gasteiger charge is 2.24. The minimum absolute atomic E-state index is 0.0749. The van der Waals surface area contributed by atoms with Crippen LogP contribution in [0.15, 0.2) is 42.9 Å². The number of anilines is 1. The van der Waals surface area contributed by atoms with Gasteiger partial charge in [-0.25, -0.2) is 15.0 Å². The summed E-state index contributed by atoms with van der Waals surface area (Å²) in [5, 5.41) is 0. The number of amides is 1. The molecule has 1 fully saturated rings. The smallest absolute Gasteiger partial charge is 0.274 e. The molecule has 0 atom stereocenters. The molecule has 126 valence electrons. The minimum atomic E-state index is -0.0749. The molecule has 1 aliphatic heterocycles. The SMILES string of the molecule is Cc1nc2ccccc2nc1N1CCN(C(=O)c2cnccn2)CC1. The number of carbonyl (C=O) groups is 1. The Labute approximate surface area is 145 Å². The summed E-state index contributed by atoms with van der Waals surface area (Å²) in [6, 6.07) is 7.87. The van der Waals surface area contributed by atoms with Gasteiger partial charge in [-0.3, -0.25) is 9.78 Å². The molecule has 25 heavy (non-hydrogen) atoms. The molecule has 0 spiro atoms. The highest BCUT2D eigenvalue weighted by molar-refractivity contribution is 5.92. The molecule has 0 bridgehead atoms. The Morgan fingerprint density at radius 2 is 1.72 bits per heavy atom. The third kappa shape index (κ3) is 3.00. The Morgan fingerprint density at radius 1 is 1.00 bits per heavy atom. The summed E-state index contributed by atoms with van der Waals surface area (Å²) in [4.78, 5) is 33.9. The van der Waals surface area contributed by atoms with Gasteiger partial charge in [-0.15, -0.1) is 0 Å². The van der Waals surface area contributed by atoms with Gasteiger partial charge in [0.15, 0.2) is 5.82 Å². The van der Waals surface area contributed by atoms with E-state index in [0.29, 0.717) is 18.8 Å². The lowest BCUT2D eigenvalue weighted by atomic mass is 10.2. The molecule has 1 aromatic carbocycles. The second-order valence-electron chi connectivity index (χ2n) is 5.99. The van der Waals surface area contributed by atoms with Crippen molar-refractivity contribution in [3.8, 4) is 0 Å². The second-order valence-corrected chi connectivity index (χ2v) is 5.99. The average Bonchev–Trinajstić information content (AvgIpc) is 2.68. The van der Waals surface area contributed by atoms with E-state index in [1.54, 1.807) is 6.20 Å². The predicted molar refractivity (Wildman–Crippen MR) is 94.4 cm³/mol. The van der Waals surface area contributed by atoms with Crippen molar-refractivity contribution >= 4 is 22.8 Å². The normalized spacial score (nSPS) is 14.8. The maximum atomic E-state index is 12.5. The zero-order valence-electron chi connectivity index (χ0n) is 14.0. The van der Waals surface area contributed by atoms with Gasteiger partial charge in [0.25, 0.3) is 5.91 Å². The van der Waals surface area contributed by atoms with Gasteiger partial charge in [-0.2, -0.15) is 0 Å². The van der Waals surface area contributed by atoms with E-state index in [2.05, 4.69) is 19.9 Å². The maximum absolute atomic E-state index is 12.5. The minimum Gasteiger partial charge on any atom is -0.352 e. The van der Waals surface area contributed by atoms with Gasteiger partial charge in [0, 0.05) is 38.6 Å². The molecule has 0 unspecified atom stereocenters. The lowest BCUT2D eigenvalue weighted by Gasteiger charge is -2.35. The molecule has 0 N–H and O–H groups in total. The Morgan fingerprint density at radius 3 is 2.40 bits per heavy atom. The monoisotopic (exact) mass is 334 g/mol. The van der Waals surface area contributed by atoms with Gasteiger partial charge in [0.2, 0.25) is 0 Å². The molecule has 4 rings (SSSR count). The van der Waals surface area contributed by atoms with Crippen LogP contribution in [0, 0.1) is 6.92 Å². The largest absolute Gasteiger partial charge is 0.352 e. The van der Waals surface area contributed by atoms with Gasteiger partial charge in [-0.1, -0.05) is 12.1 Å². The van der Waals surface area contributed by atoms with Crippen LogP contribution in [-0.4, -0.2) is 56.9 Å². The molecule has 0 saturated carbocycles. The van der Waals surface area contributed by atoms with Crippen molar-refractivity contribution in [2.45, 2.75) is 6.92 Å². The highest BCUT2D eigenvalue weighted by atomic mass is 16.2. The van der Waals surface area contributed by atoms with Crippen molar-refractivity contribution in [2.24, 2.45) is 0 Å². The first-order valence-electron chi connectivity index (χ1n) is 8.26. The van der Waals surface area contributed by atoms with Crippen LogP contribution in [0.4, 0.5) is 5.82 Å². The molecule has 1 saturated heterocycles. The third-order valence-electron chi connectivity index (χ3n) is 4.37. The van der Waals surface area contributed by atoms with Gasteiger partial charge in [0.1, 0.15) is 5.69 Å². The third-order valence-corrected chi connectivity index (χ3v) is 4.37. The summed E-state index contributed by atoms with van der Waals surface area (Å²) in [5.74, 6) is 0.819. The number of rotatable bonds is 2. The Balaban J connectivity index is 1.50. The Bertz CT molecular complexity index is 906. The molecule has 0 radical (unpaired) electrons. The van der Waals surface area contributed by atoms with Crippen molar-refractivity contribution in [3.63, 3.8) is 0 Å². The Kier molecular flexibility index (Phi) is 3.97. The van der Waals surface area contributed by atoms with E-state index in [1.165, 1.54) is 12.4 Å². The number of para-hydroxylation sites is 2. The number of aromatic nitrogens is 4. The molecular weight excluding hydrogens is 316 g/mol. The van der Waals surface area contributed by atoms with E-state index in [1.807, 2.05) is 36.1 Å². The summed E-state index contributed by atoms with van der Waals surface area (Å²) in [6.45, 7) is 4.68. The van der Waals surface area contributed by atoms with E-state index < -0.39 is 0 Å². The number of fused-ring (bicyclic) bond motifs is 1. The van der Waals surface area contributed by atoms with Crippen molar-refractivity contribution in [3.05, 3.63) is 54.2 Å². The van der Waals surface area contributed by atoms with Gasteiger partial charge >= 0.3 is 0 Å². The summed E-state index contributed by atoms with van der Waals surface area (Å²) in [7, 11) is 0. The summed E-state index contributed by atoms with van der Waals surface area (Å²) < 4.78 is 0. The summed E-state index contributed by atoms with van der Waals surface area (Å²) in [6.07, 6.45) is 4.61. The van der Waals surface area contributed by atoms with E-state index >= 15 is 0 Å². The highest BCUT2D eigenvalue weighted by Crippen LogP contribution is 2.21. The Hall–Kier alpha value is -3.09. The average molecular weight is 334 g/mol. The van der Waals surface area contributed by atoms with Crippen LogP contribution < -0.4 is 4.90 Å². The molecule has 2 aromatic heterocycles. The molecule has 7 heteroatoms. The topological polar surface area (TPSA) is 75.1 Å². The van der Waals surface area contributed by atoms with Crippen LogP contribution in [0.2, 0.25) is 0 Å². The number of carbonyl (C=O) groups excluding carboxylic acids is 1. The van der Waals surface area contributed by atoms with E-state index in [4.69, 9.17) is 4.98 Å². The lowest BCUT2D eigenvalue weighted by Crippen LogP contribution is -2.49. The number of hydrogen-bond donors (Lipinski definition) is 0. The van der Waals surface area contributed by atoms with Crippen molar-refractivity contribution in [2.75, 3.05) is 31.1 Å². The molecule has 7 nitrogen and oxygen atoms in total. The number of hydrogen-bond acceptors (Lipinski definition) is 6. The molecule has 3 heterocycles. The fourth-order valence-corrected chi connectivity index (χ4v) is 3.07. The molecule has 0 aliphatic carbocycles. The lowest BCUT2D eigenvalue weighted by molar-refractivity contribution is 0.0740. The van der Waals surface area contributed by atoms with E-state index in [9.17, 15) is 4.79 Å². The van der Waals surface area contributed by atoms with E-state index in [0.717, 1.165) is 35.6 Å². The standard InChI is InChI=1S/C18H18N6O/c1-13-17(22-15-5-3-2-4-14(15)21-13)23-8-10-24(11-9-23)18(25)16-12-19-6-7-20-16/h2-7,12H,8-11H2,1H3. The number of piperazine rings is 1. The zero-order valence-corrected chi connectivity index (χ0v) is 14.0. The number of aryl methyl sites for hydroxylation is 1. The quantitative estimate of drug-likeness (QED) is 0.710. The molecule has 1 amide bonds. The summed E-state index contributed by atoms with van der Waals surface area (Å²) >= 11 is 0. The maximum Gasteiger partial charge on any atom is 0.274 e. The van der Waals surface area contributed by atoms with Gasteiger partial charge in [0.05, 0.1) is 22.9 Å². The van der Waals surface area contributed by atoms with Gasteiger partial charge in [-0.05, 0) is 19.1 Å². The van der Waals surface area contributed by atoms with Crippen LogP contribution in [0.1, 0.15) is 16.2 Å². The van der Waals surface area contributed by atoms with Gasteiger partial charge < -0.3 is 9.80 Å². The number of nitrogens with zero attached hydrogens (tertiary/aromatic N) is 6. The molecular formula is C18H18N6O. The fourth-order valence-electron chi connectivity index (χ4n) is 3.07. The van der Waals surface area contributed by atoms with Crippen LogP contribution in [0.3, 0.4) is 0 Å². The van der Waals surface area contributed by atoms with Crippen molar-refractivity contribution in [1.29, 1.82) is 0 Å². The van der Waals surface area contributed by atoms with Crippen LogP contribution in [0.5, 0.6) is 0 Å². The first-order valence-corrected chi connectivity index (χ1v) is 8.26. The van der Waals surface area contributed by atoms with Crippen LogP contribution in [0.25, 0.3) is 11.0 Å². The predicted octanol–water partition coefficient (Wildman–Crippen LogP) is 1.69. The van der Waals surface area contributed by atoms with Crippen LogP contribution >= 0.6 is 0 Å². The van der Waals surface area contributed by atoms with Crippen LogP contribution in [-0.2, 0) is 0 Å². The fraction of sp³-hybridized carbons (Fsp3) is 0.278. The summed E-state index contributed by atoms with van der Waals surface area (Å²) in [5.41, 5.74) is 3.09. The second kappa shape index (κ2) is 6.43. The first-order chi connectivity index (χ1) is 12.2. The molecule has 1 aliphatic rings.